The zero-order valence-electron chi connectivity index (χ0n) is 10.7. The second-order valence-electron chi connectivity index (χ2n) is 4.25. The summed E-state index contributed by atoms with van der Waals surface area (Å²) < 4.78 is 0. The van der Waals surface area contributed by atoms with Crippen LogP contribution in [-0.2, 0) is 0 Å². The number of rotatable bonds is 2. The molecule has 0 fully saturated rings. The van der Waals surface area contributed by atoms with Crippen LogP contribution in [0, 0.1) is 20.8 Å². The number of carbonyl (C=O) groups excluding carboxylic acids is 1. The van der Waals surface area contributed by atoms with Gasteiger partial charge in [-0.25, -0.2) is 9.97 Å². The molecule has 0 radical (unpaired) electrons. The van der Waals surface area contributed by atoms with Crippen LogP contribution in [0.3, 0.4) is 0 Å². The molecule has 2 rings (SSSR count). The minimum atomic E-state index is -0.207. The highest BCUT2D eigenvalue weighted by Crippen LogP contribution is 2.12. The highest BCUT2D eigenvalue weighted by atomic mass is 16.1. The lowest BCUT2D eigenvalue weighted by atomic mass is 10.1. The Kier molecular flexibility index (Phi) is 3.37. The molecule has 1 aromatic heterocycles. The predicted molar refractivity (Wildman–Crippen MR) is 70.6 cm³/mol. The van der Waals surface area contributed by atoms with Crippen LogP contribution < -0.4 is 5.32 Å². The van der Waals surface area contributed by atoms with Gasteiger partial charge in [-0.1, -0.05) is 17.7 Å². The fourth-order valence-electron chi connectivity index (χ4n) is 1.59. The minimum absolute atomic E-state index is 0.207. The van der Waals surface area contributed by atoms with Crippen molar-refractivity contribution in [2.45, 2.75) is 20.8 Å². The SMILES string of the molecule is Cc1ccc(NC(=O)c2ncnc(C)c2C)cc1. The second kappa shape index (κ2) is 4.96. The summed E-state index contributed by atoms with van der Waals surface area (Å²) in [7, 11) is 0. The summed E-state index contributed by atoms with van der Waals surface area (Å²) in [6.45, 7) is 5.71. The molecule has 4 nitrogen and oxygen atoms in total. The predicted octanol–water partition coefficient (Wildman–Crippen LogP) is 2.65. The van der Waals surface area contributed by atoms with E-state index in [0.717, 1.165) is 22.5 Å². The molecule has 18 heavy (non-hydrogen) atoms. The zero-order chi connectivity index (χ0) is 13.1. The van der Waals surface area contributed by atoms with Gasteiger partial charge >= 0.3 is 0 Å². The van der Waals surface area contributed by atoms with Crippen LogP contribution in [0.5, 0.6) is 0 Å². The van der Waals surface area contributed by atoms with Gasteiger partial charge in [0.05, 0.1) is 0 Å². The third-order valence-corrected chi connectivity index (χ3v) is 2.86. The Morgan fingerprint density at radius 3 is 2.39 bits per heavy atom. The average molecular weight is 241 g/mol. The van der Waals surface area contributed by atoms with Crippen LogP contribution >= 0.6 is 0 Å². The maximum absolute atomic E-state index is 12.1. The third kappa shape index (κ3) is 2.53. The molecule has 1 N–H and O–H groups in total. The van der Waals surface area contributed by atoms with E-state index in [4.69, 9.17) is 0 Å². The van der Waals surface area contributed by atoms with E-state index < -0.39 is 0 Å². The molecule has 0 saturated heterocycles. The normalized spacial score (nSPS) is 10.2. The van der Waals surface area contributed by atoms with Crippen molar-refractivity contribution in [3.63, 3.8) is 0 Å². The largest absolute Gasteiger partial charge is 0.321 e. The van der Waals surface area contributed by atoms with Gasteiger partial charge in [0.25, 0.3) is 5.91 Å². The van der Waals surface area contributed by atoms with Gasteiger partial charge in [0, 0.05) is 16.9 Å². The number of hydrogen-bond donors (Lipinski definition) is 1. The molecular weight excluding hydrogens is 226 g/mol. The average Bonchev–Trinajstić information content (AvgIpc) is 2.35. The maximum atomic E-state index is 12.1. The van der Waals surface area contributed by atoms with E-state index in [1.54, 1.807) is 0 Å². The smallest absolute Gasteiger partial charge is 0.274 e. The molecule has 0 saturated carbocycles. The van der Waals surface area contributed by atoms with Crippen molar-refractivity contribution < 1.29 is 4.79 Å². The van der Waals surface area contributed by atoms with Gasteiger partial charge in [-0.15, -0.1) is 0 Å². The summed E-state index contributed by atoms with van der Waals surface area (Å²) in [5, 5.41) is 2.82. The lowest BCUT2D eigenvalue weighted by Crippen LogP contribution is -2.16. The molecule has 0 aliphatic carbocycles. The van der Waals surface area contributed by atoms with Crippen molar-refractivity contribution in [1.82, 2.24) is 9.97 Å². The van der Waals surface area contributed by atoms with E-state index in [0.29, 0.717) is 5.69 Å². The maximum Gasteiger partial charge on any atom is 0.274 e. The number of aromatic nitrogens is 2. The molecule has 0 bridgehead atoms. The van der Waals surface area contributed by atoms with Gasteiger partial charge in [0.1, 0.15) is 12.0 Å². The molecule has 0 spiro atoms. The van der Waals surface area contributed by atoms with Gasteiger partial charge in [-0.05, 0) is 32.9 Å². The van der Waals surface area contributed by atoms with Crippen LogP contribution in [0.25, 0.3) is 0 Å². The van der Waals surface area contributed by atoms with Crippen molar-refractivity contribution in [2.75, 3.05) is 5.32 Å². The first-order chi connectivity index (χ1) is 8.58. The molecule has 4 heteroatoms. The number of nitrogens with one attached hydrogen (secondary N) is 1. The van der Waals surface area contributed by atoms with Gasteiger partial charge in [0.15, 0.2) is 0 Å². The first-order valence-electron chi connectivity index (χ1n) is 5.74. The van der Waals surface area contributed by atoms with E-state index in [1.165, 1.54) is 6.33 Å². The lowest BCUT2D eigenvalue weighted by molar-refractivity contribution is 0.102. The number of aryl methyl sites for hydroxylation is 2. The summed E-state index contributed by atoms with van der Waals surface area (Å²) in [5.41, 5.74) is 3.97. The summed E-state index contributed by atoms with van der Waals surface area (Å²) >= 11 is 0. The van der Waals surface area contributed by atoms with E-state index in [-0.39, 0.29) is 5.91 Å². The van der Waals surface area contributed by atoms with Crippen LogP contribution in [0.2, 0.25) is 0 Å². The zero-order valence-corrected chi connectivity index (χ0v) is 10.7. The molecule has 1 heterocycles. The van der Waals surface area contributed by atoms with Crippen LogP contribution in [-0.4, -0.2) is 15.9 Å². The van der Waals surface area contributed by atoms with Gasteiger partial charge in [-0.3, -0.25) is 4.79 Å². The van der Waals surface area contributed by atoms with Gasteiger partial charge in [0.2, 0.25) is 0 Å². The third-order valence-electron chi connectivity index (χ3n) is 2.86. The van der Waals surface area contributed by atoms with Crippen LogP contribution in [0.4, 0.5) is 5.69 Å². The summed E-state index contributed by atoms with van der Waals surface area (Å²) in [4.78, 5) is 20.1. The monoisotopic (exact) mass is 241 g/mol. The molecule has 2 aromatic rings. The molecule has 0 unspecified atom stereocenters. The minimum Gasteiger partial charge on any atom is -0.321 e. The van der Waals surface area contributed by atoms with E-state index in [1.807, 2.05) is 45.0 Å². The Morgan fingerprint density at radius 1 is 1.06 bits per heavy atom. The topological polar surface area (TPSA) is 54.9 Å². The molecule has 1 aromatic carbocycles. The standard InChI is InChI=1S/C14H15N3O/c1-9-4-6-12(7-5-9)17-14(18)13-10(2)11(3)15-8-16-13/h4-8H,1-3H3,(H,17,18). The number of amides is 1. The fraction of sp³-hybridized carbons (Fsp3) is 0.214. The first-order valence-corrected chi connectivity index (χ1v) is 5.74. The van der Waals surface area contributed by atoms with Crippen molar-refractivity contribution in [3.8, 4) is 0 Å². The molecule has 0 aliphatic heterocycles. The Labute approximate surface area is 106 Å². The summed E-state index contributed by atoms with van der Waals surface area (Å²) in [5.74, 6) is -0.207. The Morgan fingerprint density at radius 2 is 1.72 bits per heavy atom. The van der Waals surface area contributed by atoms with Crippen LogP contribution in [0.15, 0.2) is 30.6 Å². The van der Waals surface area contributed by atoms with Crippen molar-refractivity contribution >= 4 is 11.6 Å². The highest BCUT2D eigenvalue weighted by Gasteiger charge is 2.12. The summed E-state index contributed by atoms with van der Waals surface area (Å²) in [6.07, 6.45) is 1.41. The van der Waals surface area contributed by atoms with Crippen molar-refractivity contribution in [3.05, 3.63) is 53.1 Å². The fourth-order valence-corrected chi connectivity index (χ4v) is 1.59. The molecule has 0 atom stereocenters. The van der Waals surface area contributed by atoms with E-state index in [9.17, 15) is 4.79 Å². The van der Waals surface area contributed by atoms with Crippen molar-refractivity contribution in [2.24, 2.45) is 0 Å². The second-order valence-corrected chi connectivity index (χ2v) is 4.25. The Balaban J connectivity index is 2.22. The summed E-state index contributed by atoms with van der Waals surface area (Å²) in [6, 6.07) is 7.65. The molecule has 0 aliphatic rings. The molecule has 1 amide bonds. The lowest BCUT2D eigenvalue weighted by Gasteiger charge is -2.08. The number of anilines is 1. The van der Waals surface area contributed by atoms with E-state index >= 15 is 0 Å². The first kappa shape index (κ1) is 12.2. The quantitative estimate of drug-likeness (QED) is 0.879. The van der Waals surface area contributed by atoms with Crippen molar-refractivity contribution in [1.29, 1.82) is 0 Å². The van der Waals surface area contributed by atoms with Gasteiger partial charge in [-0.2, -0.15) is 0 Å². The Bertz CT molecular complexity index is 576. The molecule has 92 valence electrons. The molecular formula is C14H15N3O. The number of nitrogens with zero attached hydrogens (tertiary/aromatic N) is 2. The number of carbonyl (C=O) groups is 1. The number of benzene rings is 1. The van der Waals surface area contributed by atoms with E-state index in [2.05, 4.69) is 15.3 Å². The number of hydrogen-bond acceptors (Lipinski definition) is 3. The van der Waals surface area contributed by atoms with Gasteiger partial charge < -0.3 is 5.32 Å². The highest BCUT2D eigenvalue weighted by molar-refractivity contribution is 6.03. The van der Waals surface area contributed by atoms with Crippen LogP contribution in [0.1, 0.15) is 27.3 Å². The Hall–Kier alpha value is -2.23.